The van der Waals surface area contributed by atoms with Crippen molar-refractivity contribution in [3.05, 3.63) is 59.9 Å². The minimum atomic E-state index is -0.294. The first-order valence-corrected chi connectivity index (χ1v) is 9.97. The van der Waals surface area contributed by atoms with Gasteiger partial charge in [0.2, 0.25) is 11.8 Å². The molecule has 2 aromatic rings. The number of hydrogen-bond donors (Lipinski definition) is 1. The maximum Gasteiger partial charge on any atom is 0.228 e. The third-order valence-corrected chi connectivity index (χ3v) is 5.69. The zero-order valence-electron chi connectivity index (χ0n) is 16.6. The van der Waals surface area contributed by atoms with Crippen molar-refractivity contribution in [2.75, 3.05) is 33.3 Å². The van der Waals surface area contributed by atoms with Gasteiger partial charge in [0.1, 0.15) is 5.75 Å². The van der Waals surface area contributed by atoms with Gasteiger partial charge in [-0.1, -0.05) is 18.2 Å². The van der Waals surface area contributed by atoms with Crippen LogP contribution in [-0.4, -0.2) is 59.9 Å². The zero-order chi connectivity index (χ0) is 20.2. The summed E-state index contributed by atoms with van der Waals surface area (Å²) in [7, 11) is 1.63. The summed E-state index contributed by atoms with van der Waals surface area (Å²) in [5.74, 6) is 0.589. The van der Waals surface area contributed by atoms with Crippen LogP contribution in [0.1, 0.15) is 23.6 Å². The SMILES string of the molecule is COc1ccc(CN2CC(C(=O)N3CCNCC3c3cccnc3)CC2=O)cc1. The molecule has 3 heterocycles. The Kier molecular flexibility index (Phi) is 5.76. The number of ether oxygens (including phenoxy) is 1. The minimum absolute atomic E-state index is 0.0345. The molecule has 7 nitrogen and oxygen atoms in total. The second-order valence-corrected chi connectivity index (χ2v) is 7.56. The molecule has 2 atom stereocenters. The molecule has 0 aliphatic carbocycles. The third kappa shape index (κ3) is 4.24. The van der Waals surface area contributed by atoms with E-state index in [4.69, 9.17) is 4.74 Å². The molecule has 0 radical (unpaired) electrons. The molecule has 4 rings (SSSR count). The average Bonchev–Trinajstić information content (AvgIpc) is 3.14. The molecule has 1 N–H and O–H groups in total. The van der Waals surface area contributed by atoms with Gasteiger partial charge in [0.15, 0.2) is 0 Å². The summed E-state index contributed by atoms with van der Waals surface area (Å²) in [5, 5.41) is 3.36. The van der Waals surface area contributed by atoms with Crippen molar-refractivity contribution in [2.24, 2.45) is 5.92 Å². The Hall–Kier alpha value is -2.93. The lowest BCUT2D eigenvalue weighted by molar-refractivity contribution is -0.139. The fourth-order valence-corrected chi connectivity index (χ4v) is 4.12. The Labute approximate surface area is 170 Å². The number of nitrogens with zero attached hydrogens (tertiary/aromatic N) is 3. The van der Waals surface area contributed by atoms with Crippen molar-refractivity contribution >= 4 is 11.8 Å². The molecule has 1 aromatic carbocycles. The van der Waals surface area contributed by atoms with Gasteiger partial charge >= 0.3 is 0 Å². The number of piperazine rings is 1. The summed E-state index contributed by atoms with van der Waals surface area (Å²) in [6, 6.07) is 11.5. The van der Waals surface area contributed by atoms with E-state index in [2.05, 4.69) is 10.3 Å². The topological polar surface area (TPSA) is 74.8 Å². The Morgan fingerprint density at radius 2 is 2.10 bits per heavy atom. The Morgan fingerprint density at radius 3 is 2.83 bits per heavy atom. The second kappa shape index (κ2) is 8.61. The Morgan fingerprint density at radius 1 is 1.28 bits per heavy atom. The third-order valence-electron chi connectivity index (χ3n) is 5.69. The van der Waals surface area contributed by atoms with Gasteiger partial charge in [-0.3, -0.25) is 14.6 Å². The van der Waals surface area contributed by atoms with Gasteiger partial charge in [-0.2, -0.15) is 0 Å². The van der Waals surface area contributed by atoms with Crippen molar-refractivity contribution in [2.45, 2.75) is 19.0 Å². The van der Waals surface area contributed by atoms with Crippen LogP contribution in [0.5, 0.6) is 5.75 Å². The van der Waals surface area contributed by atoms with Crippen LogP contribution in [0.3, 0.4) is 0 Å². The molecule has 0 spiro atoms. The number of rotatable bonds is 5. The van der Waals surface area contributed by atoms with E-state index in [9.17, 15) is 9.59 Å². The fourth-order valence-electron chi connectivity index (χ4n) is 4.12. The van der Waals surface area contributed by atoms with Crippen molar-refractivity contribution in [1.29, 1.82) is 0 Å². The number of benzene rings is 1. The highest BCUT2D eigenvalue weighted by Gasteiger charge is 2.39. The van der Waals surface area contributed by atoms with E-state index in [0.717, 1.165) is 23.4 Å². The number of amides is 2. The lowest BCUT2D eigenvalue weighted by Crippen LogP contribution is -2.50. The second-order valence-electron chi connectivity index (χ2n) is 7.56. The predicted molar refractivity (Wildman–Crippen MR) is 108 cm³/mol. The summed E-state index contributed by atoms with van der Waals surface area (Å²) >= 11 is 0. The van der Waals surface area contributed by atoms with Crippen molar-refractivity contribution in [3.63, 3.8) is 0 Å². The summed E-state index contributed by atoms with van der Waals surface area (Å²) < 4.78 is 5.18. The van der Waals surface area contributed by atoms with Crippen LogP contribution < -0.4 is 10.1 Å². The van der Waals surface area contributed by atoms with Crippen molar-refractivity contribution < 1.29 is 14.3 Å². The van der Waals surface area contributed by atoms with Crippen LogP contribution in [0.15, 0.2) is 48.8 Å². The van der Waals surface area contributed by atoms with Crippen LogP contribution in [-0.2, 0) is 16.1 Å². The van der Waals surface area contributed by atoms with Gasteiger partial charge in [0, 0.05) is 51.5 Å². The van der Waals surface area contributed by atoms with E-state index < -0.39 is 0 Å². The molecule has 2 amide bonds. The number of pyridine rings is 1. The first-order valence-electron chi connectivity index (χ1n) is 9.97. The molecule has 152 valence electrons. The molecule has 0 bridgehead atoms. The summed E-state index contributed by atoms with van der Waals surface area (Å²) in [6.45, 7) is 3.08. The normalized spacial score (nSPS) is 22.0. The molecule has 2 unspecified atom stereocenters. The van der Waals surface area contributed by atoms with Crippen LogP contribution in [0, 0.1) is 5.92 Å². The number of methoxy groups -OCH3 is 1. The highest BCUT2D eigenvalue weighted by molar-refractivity contribution is 5.89. The van der Waals surface area contributed by atoms with E-state index in [1.54, 1.807) is 18.2 Å². The molecule has 2 aliphatic heterocycles. The molecule has 29 heavy (non-hydrogen) atoms. The maximum atomic E-state index is 13.3. The quantitative estimate of drug-likeness (QED) is 0.834. The number of aromatic nitrogens is 1. The first kappa shape index (κ1) is 19.4. The smallest absolute Gasteiger partial charge is 0.228 e. The first-order chi connectivity index (χ1) is 14.2. The number of nitrogens with one attached hydrogen (secondary N) is 1. The Bertz CT molecular complexity index is 856. The molecule has 1 aromatic heterocycles. The number of carbonyl (C=O) groups is 2. The van der Waals surface area contributed by atoms with Crippen LogP contribution >= 0.6 is 0 Å². The Balaban J connectivity index is 1.43. The lowest BCUT2D eigenvalue weighted by Gasteiger charge is -2.37. The molecule has 2 fully saturated rings. The van der Waals surface area contributed by atoms with Crippen LogP contribution in [0.25, 0.3) is 0 Å². The van der Waals surface area contributed by atoms with Crippen LogP contribution in [0.2, 0.25) is 0 Å². The molecule has 2 aliphatic rings. The summed E-state index contributed by atoms with van der Waals surface area (Å²) in [5.41, 5.74) is 2.05. The minimum Gasteiger partial charge on any atom is -0.497 e. The molecular formula is C22H26N4O3. The number of carbonyl (C=O) groups excluding carboxylic acids is 2. The highest BCUT2D eigenvalue weighted by atomic mass is 16.5. The molecule has 2 saturated heterocycles. The van der Waals surface area contributed by atoms with E-state index in [-0.39, 0.29) is 30.2 Å². The van der Waals surface area contributed by atoms with Crippen molar-refractivity contribution in [3.8, 4) is 5.75 Å². The van der Waals surface area contributed by atoms with Gasteiger partial charge in [-0.15, -0.1) is 0 Å². The molecular weight excluding hydrogens is 368 g/mol. The predicted octanol–water partition coefficient (Wildman–Crippen LogP) is 1.61. The van der Waals surface area contributed by atoms with Gasteiger partial charge in [-0.25, -0.2) is 0 Å². The average molecular weight is 394 g/mol. The van der Waals surface area contributed by atoms with E-state index in [1.807, 2.05) is 47.5 Å². The van der Waals surface area contributed by atoms with Gasteiger partial charge in [0.25, 0.3) is 0 Å². The molecule has 0 saturated carbocycles. The monoisotopic (exact) mass is 394 g/mol. The molecule has 7 heteroatoms. The maximum absolute atomic E-state index is 13.3. The standard InChI is InChI=1S/C22H26N4O3/c1-29-19-6-4-16(5-7-19)14-25-15-18(11-21(25)27)22(28)26-10-9-24-13-20(26)17-3-2-8-23-12-17/h2-8,12,18,20,24H,9-11,13-15H2,1H3. The zero-order valence-corrected chi connectivity index (χ0v) is 16.6. The summed E-state index contributed by atoms with van der Waals surface area (Å²) in [6.07, 6.45) is 3.82. The largest absolute Gasteiger partial charge is 0.497 e. The summed E-state index contributed by atoms with van der Waals surface area (Å²) in [4.78, 5) is 33.8. The lowest BCUT2D eigenvalue weighted by atomic mass is 10.0. The van der Waals surface area contributed by atoms with Crippen LogP contribution in [0.4, 0.5) is 0 Å². The number of likely N-dealkylation sites (tertiary alicyclic amines) is 1. The van der Waals surface area contributed by atoms with E-state index in [1.165, 1.54) is 0 Å². The highest BCUT2D eigenvalue weighted by Crippen LogP contribution is 2.28. The van der Waals surface area contributed by atoms with Gasteiger partial charge < -0.3 is 19.9 Å². The van der Waals surface area contributed by atoms with E-state index in [0.29, 0.717) is 26.2 Å². The van der Waals surface area contributed by atoms with Gasteiger partial charge in [0.05, 0.1) is 19.1 Å². The fraction of sp³-hybridized carbons (Fsp3) is 0.409. The van der Waals surface area contributed by atoms with Crippen molar-refractivity contribution in [1.82, 2.24) is 20.1 Å². The van der Waals surface area contributed by atoms with E-state index >= 15 is 0 Å². The number of hydrogen-bond acceptors (Lipinski definition) is 5. The van der Waals surface area contributed by atoms with Gasteiger partial charge in [-0.05, 0) is 29.3 Å².